The van der Waals surface area contributed by atoms with Crippen molar-refractivity contribution in [2.45, 2.75) is 32.1 Å². The van der Waals surface area contributed by atoms with E-state index >= 15 is 0 Å². The van der Waals surface area contributed by atoms with Gasteiger partial charge in [-0.15, -0.1) is 0 Å². The van der Waals surface area contributed by atoms with E-state index in [4.69, 9.17) is 5.11 Å². The maximum atomic E-state index is 10.8. The van der Waals surface area contributed by atoms with Gasteiger partial charge in [0.25, 0.3) is 0 Å². The average Bonchev–Trinajstić information content (AvgIpc) is 2.37. The van der Waals surface area contributed by atoms with Crippen LogP contribution in [0.2, 0.25) is 0 Å². The zero-order valence-corrected chi connectivity index (χ0v) is 10.6. The predicted octanol–water partition coefficient (Wildman–Crippen LogP) is 3.16. The summed E-state index contributed by atoms with van der Waals surface area (Å²) in [6, 6.07) is 7.26. The monoisotopic (exact) mass is 245 g/mol. The van der Waals surface area contributed by atoms with Gasteiger partial charge in [0.05, 0.1) is 5.56 Å². The molecular weight excluding hydrogens is 226 g/mol. The molecule has 1 heterocycles. The Bertz CT molecular complexity index is 438. The molecule has 1 saturated carbocycles. The first-order valence-electron chi connectivity index (χ1n) is 6.77. The number of hydrogen-bond acceptors (Lipinski definition) is 2. The largest absolute Gasteiger partial charge is 0.478 e. The normalized spacial score (nSPS) is 21.7. The van der Waals surface area contributed by atoms with Crippen molar-refractivity contribution in [3.8, 4) is 0 Å². The van der Waals surface area contributed by atoms with Crippen LogP contribution in [-0.4, -0.2) is 24.2 Å². The van der Waals surface area contributed by atoms with Gasteiger partial charge in [-0.05, 0) is 37.1 Å². The lowest BCUT2D eigenvalue weighted by atomic mass is 9.68. The van der Waals surface area contributed by atoms with E-state index in [0.717, 1.165) is 18.8 Å². The summed E-state index contributed by atoms with van der Waals surface area (Å²) >= 11 is 0. The molecule has 0 aromatic heterocycles. The summed E-state index contributed by atoms with van der Waals surface area (Å²) in [5.41, 5.74) is 2.10. The molecule has 1 aromatic rings. The fourth-order valence-corrected chi connectivity index (χ4v) is 3.38. The third kappa shape index (κ3) is 1.98. The maximum absolute atomic E-state index is 10.8. The number of nitrogens with zero attached hydrogens (tertiary/aromatic N) is 1. The van der Waals surface area contributed by atoms with Crippen LogP contribution in [-0.2, 0) is 0 Å². The second-order valence-corrected chi connectivity index (χ2v) is 5.77. The maximum Gasteiger partial charge on any atom is 0.335 e. The Hall–Kier alpha value is -1.51. The standard InChI is InChI=1S/C15H19NO2/c17-14(18)12-4-6-13(7-5-12)16-10-15(11-16)8-2-1-3-9-15/h4-7H,1-3,8-11H2,(H,17,18). The summed E-state index contributed by atoms with van der Waals surface area (Å²) in [7, 11) is 0. The van der Waals surface area contributed by atoms with Crippen LogP contribution in [0.1, 0.15) is 42.5 Å². The third-order valence-corrected chi connectivity index (χ3v) is 4.45. The zero-order chi connectivity index (χ0) is 12.6. The highest BCUT2D eigenvalue weighted by atomic mass is 16.4. The van der Waals surface area contributed by atoms with E-state index in [1.165, 1.54) is 32.1 Å². The van der Waals surface area contributed by atoms with E-state index in [2.05, 4.69) is 4.90 Å². The molecule has 0 unspecified atom stereocenters. The fraction of sp³-hybridized carbons (Fsp3) is 0.533. The van der Waals surface area contributed by atoms with E-state index < -0.39 is 5.97 Å². The van der Waals surface area contributed by atoms with Gasteiger partial charge < -0.3 is 10.0 Å². The molecule has 0 bridgehead atoms. The molecule has 2 fully saturated rings. The van der Waals surface area contributed by atoms with Crippen molar-refractivity contribution < 1.29 is 9.90 Å². The number of carboxylic acids is 1. The van der Waals surface area contributed by atoms with E-state index in [0.29, 0.717) is 11.0 Å². The Kier molecular flexibility index (Phi) is 2.77. The van der Waals surface area contributed by atoms with Crippen LogP contribution in [0.4, 0.5) is 5.69 Å². The van der Waals surface area contributed by atoms with Crippen molar-refractivity contribution in [3.63, 3.8) is 0 Å². The van der Waals surface area contributed by atoms with Gasteiger partial charge >= 0.3 is 5.97 Å². The Balaban J connectivity index is 1.65. The Morgan fingerprint density at radius 2 is 1.67 bits per heavy atom. The van der Waals surface area contributed by atoms with Crippen LogP contribution >= 0.6 is 0 Å². The number of anilines is 1. The molecule has 0 radical (unpaired) electrons. The van der Waals surface area contributed by atoms with Crippen molar-refractivity contribution in [1.82, 2.24) is 0 Å². The number of hydrogen-bond donors (Lipinski definition) is 1. The average molecular weight is 245 g/mol. The first-order chi connectivity index (χ1) is 8.69. The molecule has 18 heavy (non-hydrogen) atoms. The number of carboxylic acid groups (broad SMARTS) is 1. The second kappa shape index (κ2) is 4.30. The van der Waals surface area contributed by atoms with Crippen molar-refractivity contribution in [1.29, 1.82) is 0 Å². The number of aromatic carboxylic acids is 1. The second-order valence-electron chi connectivity index (χ2n) is 5.77. The summed E-state index contributed by atoms with van der Waals surface area (Å²) in [6.45, 7) is 2.30. The van der Waals surface area contributed by atoms with Gasteiger partial charge in [-0.2, -0.15) is 0 Å². The Labute approximate surface area is 107 Å². The van der Waals surface area contributed by atoms with Crippen LogP contribution in [0.5, 0.6) is 0 Å². The molecule has 96 valence electrons. The molecule has 3 heteroatoms. The molecule has 2 aliphatic rings. The zero-order valence-electron chi connectivity index (χ0n) is 10.6. The fourth-order valence-electron chi connectivity index (χ4n) is 3.38. The Morgan fingerprint density at radius 3 is 2.22 bits per heavy atom. The summed E-state index contributed by atoms with van der Waals surface area (Å²) in [5, 5.41) is 8.87. The van der Waals surface area contributed by atoms with Crippen molar-refractivity contribution >= 4 is 11.7 Å². The summed E-state index contributed by atoms with van der Waals surface area (Å²) in [6.07, 6.45) is 6.90. The van der Waals surface area contributed by atoms with Gasteiger partial charge in [0, 0.05) is 24.2 Å². The lowest BCUT2D eigenvalue weighted by molar-refractivity contribution is 0.0697. The Morgan fingerprint density at radius 1 is 1.06 bits per heavy atom. The SMILES string of the molecule is O=C(O)c1ccc(N2CC3(CCCCC3)C2)cc1. The molecule has 1 aliphatic carbocycles. The van der Waals surface area contributed by atoms with Crippen LogP contribution in [0.15, 0.2) is 24.3 Å². The lowest BCUT2D eigenvalue weighted by Crippen LogP contribution is -2.57. The van der Waals surface area contributed by atoms with Crippen LogP contribution in [0.3, 0.4) is 0 Å². The molecule has 3 nitrogen and oxygen atoms in total. The highest BCUT2D eigenvalue weighted by Crippen LogP contribution is 2.45. The molecular formula is C15H19NO2. The summed E-state index contributed by atoms with van der Waals surface area (Å²) < 4.78 is 0. The van der Waals surface area contributed by atoms with Gasteiger partial charge in [0.1, 0.15) is 0 Å². The highest BCUT2D eigenvalue weighted by Gasteiger charge is 2.43. The van der Waals surface area contributed by atoms with Crippen molar-refractivity contribution in [3.05, 3.63) is 29.8 Å². The van der Waals surface area contributed by atoms with E-state index in [9.17, 15) is 4.79 Å². The molecule has 3 rings (SSSR count). The van der Waals surface area contributed by atoms with Crippen LogP contribution < -0.4 is 4.90 Å². The molecule has 0 atom stereocenters. The summed E-state index contributed by atoms with van der Waals surface area (Å²) in [5.74, 6) is -0.853. The van der Waals surface area contributed by atoms with Crippen LogP contribution in [0, 0.1) is 5.41 Å². The van der Waals surface area contributed by atoms with E-state index in [1.54, 1.807) is 12.1 Å². The van der Waals surface area contributed by atoms with Gasteiger partial charge in [-0.25, -0.2) is 4.79 Å². The third-order valence-electron chi connectivity index (χ3n) is 4.45. The lowest BCUT2D eigenvalue weighted by Gasteiger charge is -2.53. The number of rotatable bonds is 2. The molecule has 1 aliphatic heterocycles. The van der Waals surface area contributed by atoms with Gasteiger partial charge in [-0.3, -0.25) is 0 Å². The molecule has 1 N–H and O–H groups in total. The predicted molar refractivity (Wildman–Crippen MR) is 71.1 cm³/mol. The highest BCUT2D eigenvalue weighted by molar-refractivity contribution is 5.88. The molecule has 1 aromatic carbocycles. The van der Waals surface area contributed by atoms with E-state index in [1.807, 2.05) is 12.1 Å². The topological polar surface area (TPSA) is 40.5 Å². The van der Waals surface area contributed by atoms with Gasteiger partial charge in [0.15, 0.2) is 0 Å². The van der Waals surface area contributed by atoms with E-state index in [-0.39, 0.29) is 0 Å². The van der Waals surface area contributed by atoms with Gasteiger partial charge in [-0.1, -0.05) is 19.3 Å². The smallest absolute Gasteiger partial charge is 0.335 e. The number of carbonyl (C=O) groups is 1. The van der Waals surface area contributed by atoms with Gasteiger partial charge in [0.2, 0.25) is 0 Å². The summed E-state index contributed by atoms with van der Waals surface area (Å²) in [4.78, 5) is 13.2. The minimum Gasteiger partial charge on any atom is -0.478 e. The quantitative estimate of drug-likeness (QED) is 0.870. The first-order valence-corrected chi connectivity index (χ1v) is 6.77. The van der Waals surface area contributed by atoms with Crippen molar-refractivity contribution in [2.24, 2.45) is 5.41 Å². The number of benzene rings is 1. The molecule has 0 amide bonds. The molecule has 1 saturated heterocycles. The van der Waals surface area contributed by atoms with Crippen LogP contribution in [0.25, 0.3) is 0 Å². The minimum absolute atomic E-state index is 0.367. The molecule has 1 spiro atoms. The van der Waals surface area contributed by atoms with Crippen molar-refractivity contribution in [2.75, 3.05) is 18.0 Å². The minimum atomic E-state index is -0.853. The first kappa shape index (κ1) is 11.6.